The minimum atomic E-state index is -0.0347. The minimum Gasteiger partial charge on any atom is -0.298 e. The molecule has 2 heterocycles. The first-order valence-corrected chi connectivity index (χ1v) is 4.11. The van der Waals surface area contributed by atoms with Crippen LogP contribution >= 0.6 is 0 Å². The zero-order valence-corrected chi connectivity index (χ0v) is 7.56. The zero-order chi connectivity index (χ0) is 9.42. The number of aryl methyl sites for hydroxylation is 2. The average Bonchev–Trinajstić information content (AvgIpc) is 2.49. The largest absolute Gasteiger partial charge is 0.298 e. The number of rotatable bonds is 1. The summed E-state index contributed by atoms with van der Waals surface area (Å²) in [6.07, 6.45) is 3.14. The Hall–Kier alpha value is -1.65. The second-order valence-electron chi connectivity index (χ2n) is 2.84. The quantitative estimate of drug-likeness (QED) is 0.624. The Labute approximate surface area is 74.6 Å². The first kappa shape index (κ1) is 7.97. The van der Waals surface area contributed by atoms with Gasteiger partial charge < -0.3 is 0 Å². The zero-order valence-electron chi connectivity index (χ0n) is 7.56. The average molecular weight is 178 g/mol. The van der Waals surface area contributed by atoms with Crippen molar-refractivity contribution in [1.29, 1.82) is 0 Å². The van der Waals surface area contributed by atoms with Gasteiger partial charge >= 0.3 is 0 Å². The molecule has 0 aliphatic rings. The van der Waals surface area contributed by atoms with Crippen LogP contribution in [0.1, 0.15) is 6.92 Å². The van der Waals surface area contributed by atoms with Crippen LogP contribution in [0.25, 0.3) is 11.0 Å². The molecule has 5 heteroatoms. The lowest BCUT2D eigenvalue weighted by atomic mass is 10.4. The van der Waals surface area contributed by atoms with E-state index < -0.39 is 0 Å². The highest BCUT2D eigenvalue weighted by Gasteiger charge is 2.06. The van der Waals surface area contributed by atoms with Crippen LogP contribution in [0, 0.1) is 0 Å². The Balaban J connectivity index is 2.92. The van der Waals surface area contributed by atoms with Gasteiger partial charge in [0.05, 0.1) is 12.5 Å². The second-order valence-corrected chi connectivity index (χ2v) is 2.84. The standard InChI is InChI=1S/C8H10N4O/c1-3-12-5-9-6-4-10-11(2)7(6)8(12)13/h4-5H,3H2,1-2H3. The van der Waals surface area contributed by atoms with Crippen LogP contribution in [-0.2, 0) is 13.6 Å². The minimum absolute atomic E-state index is 0.0347. The Morgan fingerprint density at radius 3 is 3.00 bits per heavy atom. The number of hydrogen-bond acceptors (Lipinski definition) is 3. The summed E-state index contributed by atoms with van der Waals surface area (Å²) >= 11 is 0. The lowest BCUT2D eigenvalue weighted by Gasteiger charge is -2.00. The van der Waals surface area contributed by atoms with Crippen LogP contribution in [-0.4, -0.2) is 19.3 Å². The van der Waals surface area contributed by atoms with Crippen molar-refractivity contribution in [2.45, 2.75) is 13.5 Å². The van der Waals surface area contributed by atoms with Crippen LogP contribution < -0.4 is 5.56 Å². The van der Waals surface area contributed by atoms with Crippen molar-refractivity contribution < 1.29 is 0 Å². The number of nitrogens with zero attached hydrogens (tertiary/aromatic N) is 4. The van der Waals surface area contributed by atoms with Crippen LogP contribution in [0.5, 0.6) is 0 Å². The van der Waals surface area contributed by atoms with E-state index in [1.165, 1.54) is 0 Å². The molecule has 0 fully saturated rings. The van der Waals surface area contributed by atoms with Crippen LogP contribution in [0.4, 0.5) is 0 Å². The molecule has 0 saturated heterocycles. The molecule has 0 unspecified atom stereocenters. The summed E-state index contributed by atoms with van der Waals surface area (Å²) in [7, 11) is 1.74. The van der Waals surface area contributed by atoms with E-state index in [0.717, 1.165) is 0 Å². The Morgan fingerprint density at radius 1 is 1.54 bits per heavy atom. The molecule has 0 aliphatic carbocycles. The molecule has 0 aromatic carbocycles. The molecule has 2 aromatic heterocycles. The first-order valence-electron chi connectivity index (χ1n) is 4.11. The fourth-order valence-electron chi connectivity index (χ4n) is 1.31. The maximum atomic E-state index is 11.7. The number of aromatic nitrogens is 4. The van der Waals surface area contributed by atoms with Crippen LogP contribution in [0.15, 0.2) is 17.3 Å². The van der Waals surface area contributed by atoms with Gasteiger partial charge in [-0.05, 0) is 6.92 Å². The number of hydrogen-bond donors (Lipinski definition) is 0. The van der Waals surface area contributed by atoms with Gasteiger partial charge in [0.25, 0.3) is 5.56 Å². The predicted octanol–water partition coefficient (Wildman–Crippen LogP) is 0.150. The molecule has 5 nitrogen and oxygen atoms in total. The van der Waals surface area contributed by atoms with Gasteiger partial charge in [0.1, 0.15) is 5.52 Å². The van der Waals surface area contributed by atoms with E-state index in [4.69, 9.17) is 0 Å². The van der Waals surface area contributed by atoms with Crippen molar-refractivity contribution in [2.24, 2.45) is 7.05 Å². The van der Waals surface area contributed by atoms with Gasteiger partial charge in [0, 0.05) is 13.6 Å². The molecule has 0 N–H and O–H groups in total. The SMILES string of the molecule is CCn1cnc2cnn(C)c2c1=O. The van der Waals surface area contributed by atoms with E-state index in [1.807, 2.05) is 6.92 Å². The molecule has 0 bridgehead atoms. The second kappa shape index (κ2) is 2.69. The molecule has 0 saturated carbocycles. The van der Waals surface area contributed by atoms with E-state index in [-0.39, 0.29) is 5.56 Å². The summed E-state index contributed by atoms with van der Waals surface area (Å²) in [6.45, 7) is 2.54. The lowest BCUT2D eigenvalue weighted by molar-refractivity contribution is 0.705. The summed E-state index contributed by atoms with van der Waals surface area (Å²) in [5.74, 6) is 0. The summed E-state index contributed by atoms with van der Waals surface area (Å²) < 4.78 is 3.11. The molecule has 2 rings (SSSR count). The van der Waals surface area contributed by atoms with Crippen molar-refractivity contribution in [1.82, 2.24) is 19.3 Å². The third-order valence-electron chi connectivity index (χ3n) is 2.06. The molecule has 0 spiro atoms. The topological polar surface area (TPSA) is 52.7 Å². The van der Waals surface area contributed by atoms with Crippen molar-refractivity contribution in [3.63, 3.8) is 0 Å². The maximum absolute atomic E-state index is 11.7. The Kier molecular flexibility index (Phi) is 1.65. The van der Waals surface area contributed by atoms with Crippen LogP contribution in [0.2, 0.25) is 0 Å². The molecule has 0 amide bonds. The van der Waals surface area contributed by atoms with E-state index >= 15 is 0 Å². The third-order valence-corrected chi connectivity index (χ3v) is 2.06. The third kappa shape index (κ3) is 1.04. The fraction of sp³-hybridized carbons (Fsp3) is 0.375. The summed E-state index contributed by atoms with van der Waals surface area (Å²) in [6, 6.07) is 0. The van der Waals surface area contributed by atoms with Crippen molar-refractivity contribution in [3.8, 4) is 0 Å². The summed E-state index contributed by atoms with van der Waals surface area (Å²) in [4.78, 5) is 15.8. The highest BCUT2D eigenvalue weighted by molar-refractivity contribution is 5.72. The van der Waals surface area contributed by atoms with E-state index in [2.05, 4.69) is 10.1 Å². The molecule has 0 radical (unpaired) electrons. The van der Waals surface area contributed by atoms with Gasteiger partial charge in [-0.15, -0.1) is 0 Å². The highest BCUT2D eigenvalue weighted by atomic mass is 16.1. The van der Waals surface area contributed by atoms with E-state index in [0.29, 0.717) is 17.6 Å². The molecular weight excluding hydrogens is 168 g/mol. The maximum Gasteiger partial charge on any atom is 0.279 e. The predicted molar refractivity (Wildman–Crippen MR) is 48.4 cm³/mol. The Morgan fingerprint density at radius 2 is 2.31 bits per heavy atom. The molecule has 68 valence electrons. The van der Waals surface area contributed by atoms with Crippen molar-refractivity contribution in [2.75, 3.05) is 0 Å². The molecular formula is C8H10N4O. The summed E-state index contributed by atoms with van der Waals surface area (Å²) in [5, 5.41) is 3.97. The van der Waals surface area contributed by atoms with Gasteiger partial charge in [0.2, 0.25) is 0 Å². The van der Waals surface area contributed by atoms with Crippen molar-refractivity contribution in [3.05, 3.63) is 22.9 Å². The first-order chi connectivity index (χ1) is 6.24. The monoisotopic (exact) mass is 178 g/mol. The lowest BCUT2D eigenvalue weighted by Crippen LogP contribution is -2.21. The smallest absolute Gasteiger partial charge is 0.279 e. The van der Waals surface area contributed by atoms with E-state index in [9.17, 15) is 4.79 Å². The highest BCUT2D eigenvalue weighted by Crippen LogP contribution is 2.02. The van der Waals surface area contributed by atoms with E-state index in [1.54, 1.807) is 28.8 Å². The van der Waals surface area contributed by atoms with Crippen molar-refractivity contribution >= 4 is 11.0 Å². The van der Waals surface area contributed by atoms with Gasteiger partial charge in [-0.1, -0.05) is 0 Å². The molecule has 2 aromatic rings. The molecule has 0 atom stereocenters. The normalized spacial score (nSPS) is 10.9. The van der Waals surface area contributed by atoms with Gasteiger partial charge in [-0.25, -0.2) is 4.98 Å². The summed E-state index contributed by atoms with van der Waals surface area (Å²) in [5.41, 5.74) is 1.18. The van der Waals surface area contributed by atoms with Gasteiger partial charge in [-0.3, -0.25) is 14.0 Å². The number of fused-ring (bicyclic) bond motifs is 1. The molecule has 13 heavy (non-hydrogen) atoms. The van der Waals surface area contributed by atoms with Gasteiger partial charge in [-0.2, -0.15) is 5.10 Å². The Bertz CT molecular complexity index is 496. The van der Waals surface area contributed by atoms with Gasteiger partial charge in [0.15, 0.2) is 5.52 Å². The van der Waals surface area contributed by atoms with Crippen LogP contribution in [0.3, 0.4) is 0 Å². The fourth-order valence-corrected chi connectivity index (χ4v) is 1.31. The molecule has 0 aliphatic heterocycles.